The van der Waals surface area contributed by atoms with Crippen LogP contribution in [0.25, 0.3) is 10.2 Å². The number of thiazole rings is 1. The average Bonchev–Trinajstić information content (AvgIpc) is 2.65. The van der Waals surface area contributed by atoms with Crippen LogP contribution < -0.4 is 5.32 Å². The van der Waals surface area contributed by atoms with Crippen molar-refractivity contribution in [1.82, 2.24) is 4.98 Å². The van der Waals surface area contributed by atoms with Gasteiger partial charge in [0.05, 0.1) is 20.1 Å². The molecular formula is C14H19N3O2S. The molecule has 0 fully saturated rings. The lowest BCUT2D eigenvalue weighted by atomic mass is 9.88. The molecule has 0 saturated heterocycles. The molecule has 2 rings (SSSR count). The van der Waals surface area contributed by atoms with Gasteiger partial charge in [0, 0.05) is 12.1 Å². The van der Waals surface area contributed by atoms with Crippen molar-refractivity contribution in [2.75, 3.05) is 5.32 Å². The second-order valence-electron chi connectivity index (χ2n) is 6.06. The molecule has 108 valence electrons. The number of fused-ring (bicyclic) bond motifs is 1. The standard InChI is InChI=1S/C14H19N3O2S/c1-8(14(3,4)5)15-10-6-11-13(20-9(2)16-11)7-12(10)17(18)19/h6-8,15H,1-5H3. The normalized spacial score (nSPS) is 13.4. The molecule has 0 bridgehead atoms. The Balaban J connectivity index is 2.49. The minimum atomic E-state index is -0.341. The number of hydrogen-bond acceptors (Lipinski definition) is 5. The van der Waals surface area contributed by atoms with E-state index in [-0.39, 0.29) is 22.1 Å². The molecule has 1 unspecified atom stereocenters. The second-order valence-corrected chi connectivity index (χ2v) is 7.29. The lowest BCUT2D eigenvalue weighted by molar-refractivity contribution is -0.383. The number of nitrogens with one attached hydrogen (secondary N) is 1. The van der Waals surface area contributed by atoms with E-state index in [1.54, 1.807) is 12.1 Å². The van der Waals surface area contributed by atoms with Gasteiger partial charge in [0.15, 0.2) is 0 Å². The van der Waals surface area contributed by atoms with Crippen molar-refractivity contribution in [3.8, 4) is 0 Å². The van der Waals surface area contributed by atoms with Crippen LogP contribution in [0.15, 0.2) is 12.1 Å². The monoisotopic (exact) mass is 293 g/mol. The van der Waals surface area contributed by atoms with Gasteiger partial charge in [0.2, 0.25) is 0 Å². The minimum Gasteiger partial charge on any atom is -0.376 e. The smallest absolute Gasteiger partial charge is 0.293 e. The van der Waals surface area contributed by atoms with Gasteiger partial charge in [0.1, 0.15) is 5.69 Å². The fraction of sp³-hybridized carbons (Fsp3) is 0.500. The van der Waals surface area contributed by atoms with Crippen molar-refractivity contribution >= 4 is 32.9 Å². The van der Waals surface area contributed by atoms with Crippen LogP contribution in [-0.2, 0) is 0 Å². The third kappa shape index (κ3) is 2.90. The number of benzene rings is 1. The fourth-order valence-corrected chi connectivity index (χ4v) is 2.64. The van der Waals surface area contributed by atoms with Crippen LogP contribution in [0, 0.1) is 22.5 Å². The van der Waals surface area contributed by atoms with E-state index < -0.39 is 0 Å². The molecule has 0 aliphatic heterocycles. The molecule has 0 saturated carbocycles. The third-order valence-corrected chi connectivity index (χ3v) is 4.41. The Hall–Kier alpha value is -1.69. The second kappa shape index (κ2) is 5.01. The number of anilines is 1. The van der Waals surface area contributed by atoms with Crippen molar-refractivity contribution < 1.29 is 4.92 Å². The van der Waals surface area contributed by atoms with Gasteiger partial charge in [-0.2, -0.15) is 0 Å². The van der Waals surface area contributed by atoms with Crippen LogP contribution in [0.1, 0.15) is 32.7 Å². The number of rotatable bonds is 3. The third-order valence-electron chi connectivity index (χ3n) is 3.48. The first kappa shape index (κ1) is 14.7. The zero-order valence-corrected chi connectivity index (χ0v) is 13.2. The summed E-state index contributed by atoms with van der Waals surface area (Å²) in [7, 11) is 0. The quantitative estimate of drug-likeness (QED) is 0.674. The van der Waals surface area contributed by atoms with E-state index in [0.29, 0.717) is 5.69 Å². The average molecular weight is 293 g/mol. The Labute approximate surface area is 122 Å². The van der Waals surface area contributed by atoms with Crippen LogP contribution in [0.3, 0.4) is 0 Å². The Morgan fingerprint density at radius 1 is 1.40 bits per heavy atom. The van der Waals surface area contributed by atoms with Gasteiger partial charge in [-0.1, -0.05) is 20.8 Å². The van der Waals surface area contributed by atoms with Crippen molar-refractivity contribution in [2.24, 2.45) is 5.41 Å². The summed E-state index contributed by atoms with van der Waals surface area (Å²) >= 11 is 1.47. The van der Waals surface area contributed by atoms with Crippen molar-refractivity contribution in [1.29, 1.82) is 0 Å². The molecule has 1 aromatic heterocycles. The Kier molecular flexibility index (Phi) is 3.69. The Morgan fingerprint density at radius 3 is 2.60 bits per heavy atom. The van der Waals surface area contributed by atoms with E-state index >= 15 is 0 Å². The summed E-state index contributed by atoms with van der Waals surface area (Å²) in [6.07, 6.45) is 0. The van der Waals surface area contributed by atoms with E-state index in [0.717, 1.165) is 15.2 Å². The lowest BCUT2D eigenvalue weighted by Crippen LogP contribution is -2.31. The molecule has 20 heavy (non-hydrogen) atoms. The van der Waals surface area contributed by atoms with Crippen LogP contribution in [0.5, 0.6) is 0 Å². The van der Waals surface area contributed by atoms with Crippen LogP contribution in [0.4, 0.5) is 11.4 Å². The van der Waals surface area contributed by atoms with Crippen molar-refractivity contribution in [2.45, 2.75) is 40.7 Å². The summed E-state index contributed by atoms with van der Waals surface area (Å²) in [5.74, 6) is 0. The van der Waals surface area contributed by atoms with Crippen molar-refractivity contribution in [3.63, 3.8) is 0 Å². The van der Waals surface area contributed by atoms with E-state index in [1.807, 2.05) is 13.8 Å². The number of aromatic nitrogens is 1. The maximum absolute atomic E-state index is 11.3. The highest BCUT2D eigenvalue weighted by atomic mass is 32.1. The van der Waals surface area contributed by atoms with Gasteiger partial charge in [-0.25, -0.2) is 4.98 Å². The highest BCUT2D eigenvalue weighted by Gasteiger charge is 2.24. The predicted molar refractivity (Wildman–Crippen MR) is 83.6 cm³/mol. The molecule has 0 aliphatic rings. The molecule has 5 nitrogen and oxygen atoms in total. The summed E-state index contributed by atoms with van der Waals surface area (Å²) in [5, 5.41) is 15.4. The Morgan fingerprint density at radius 2 is 2.05 bits per heavy atom. The summed E-state index contributed by atoms with van der Waals surface area (Å²) in [4.78, 5) is 15.3. The van der Waals surface area contributed by atoms with Gasteiger partial charge >= 0.3 is 0 Å². The molecular weight excluding hydrogens is 274 g/mol. The molecule has 1 heterocycles. The SMILES string of the molecule is Cc1nc2cc(NC(C)C(C)(C)C)c([N+](=O)[O-])cc2s1. The number of nitrogens with zero attached hydrogens (tertiary/aromatic N) is 2. The molecule has 0 spiro atoms. The maximum Gasteiger partial charge on any atom is 0.293 e. The van der Waals surface area contributed by atoms with Crippen LogP contribution in [0.2, 0.25) is 0 Å². The lowest BCUT2D eigenvalue weighted by Gasteiger charge is -2.28. The zero-order valence-electron chi connectivity index (χ0n) is 12.4. The van der Waals surface area contributed by atoms with Gasteiger partial charge in [-0.05, 0) is 25.3 Å². The van der Waals surface area contributed by atoms with Crippen molar-refractivity contribution in [3.05, 3.63) is 27.3 Å². The summed E-state index contributed by atoms with van der Waals surface area (Å²) in [5.41, 5.74) is 1.47. The number of nitro groups is 1. The zero-order chi connectivity index (χ0) is 15.1. The molecule has 0 radical (unpaired) electrons. The predicted octanol–water partition coefficient (Wildman–Crippen LogP) is 4.36. The molecule has 2 aromatic rings. The number of aryl methyl sites for hydroxylation is 1. The number of nitro benzene ring substituents is 1. The Bertz CT molecular complexity index is 658. The molecule has 1 N–H and O–H groups in total. The summed E-state index contributed by atoms with van der Waals surface area (Å²) in [6, 6.07) is 3.50. The van der Waals surface area contributed by atoms with E-state index in [1.165, 1.54) is 11.3 Å². The highest BCUT2D eigenvalue weighted by Crippen LogP contribution is 2.34. The molecule has 1 aromatic carbocycles. The van der Waals surface area contributed by atoms with E-state index in [9.17, 15) is 10.1 Å². The number of hydrogen-bond donors (Lipinski definition) is 1. The van der Waals surface area contributed by atoms with Gasteiger partial charge in [0.25, 0.3) is 5.69 Å². The van der Waals surface area contributed by atoms with E-state index in [2.05, 4.69) is 31.1 Å². The first-order valence-corrected chi connectivity index (χ1v) is 7.32. The van der Waals surface area contributed by atoms with Gasteiger partial charge in [-0.15, -0.1) is 11.3 Å². The van der Waals surface area contributed by atoms with Crippen LogP contribution >= 0.6 is 11.3 Å². The van der Waals surface area contributed by atoms with Gasteiger partial charge in [-0.3, -0.25) is 10.1 Å². The first-order valence-electron chi connectivity index (χ1n) is 6.50. The topological polar surface area (TPSA) is 68.1 Å². The fourth-order valence-electron chi connectivity index (χ4n) is 1.79. The highest BCUT2D eigenvalue weighted by molar-refractivity contribution is 7.18. The van der Waals surface area contributed by atoms with Gasteiger partial charge < -0.3 is 5.32 Å². The molecule has 6 heteroatoms. The molecule has 0 aliphatic carbocycles. The largest absolute Gasteiger partial charge is 0.376 e. The minimum absolute atomic E-state index is 0.0147. The summed E-state index contributed by atoms with van der Waals surface area (Å²) < 4.78 is 0.850. The first-order chi connectivity index (χ1) is 9.18. The maximum atomic E-state index is 11.3. The molecule has 0 amide bonds. The molecule has 1 atom stereocenters. The summed E-state index contributed by atoms with van der Waals surface area (Å²) in [6.45, 7) is 10.2. The van der Waals surface area contributed by atoms with E-state index in [4.69, 9.17) is 0 Å². The van der Waals surface area contributed by atoms with Crippen LogP contribution in [-0.4, -0.2) is 15.9 Å².